The zero-order valence-electron chi connectivity index (χ0n) is 12.6. The number of alkyl halides is 3. The molecule has 1 amide bonds. The van der Waals surface area contributed by atoms with Crippen molar-refractivity contribution in [2.24, 2.45) is 5.92 Å². The maximum absolute atomic E-state index is 12.9. The minimum atomic E-state index is -4.50. The minimum absolute atomic E-state index is 0.102. The highest BCUT2D eigenvalue weighted by Crippen LogP contribution is 2.37. The lowest BCUT2D eigenvalue weighted by Crippen LogP contribution is -2.34. The van der Waals surface area contributed by atoms with E-state index in [1.807, 2.05) is 0 Å². The van der Waals surface area contributed by atoms with Crippen LogP contribution in [-0.2, 0) is 15.7 Å². The van der Waals surface area contributed by atoms with E-state index in [0.29, 0.717) is 38.3 Å². The average Bonchev–Trinajstić information content (AvgIpc) is 2.96. The van der Waals surface area contributed by atoms with Gasteiger partial charge in [-0.15, -0.1) is 0 Å². The van der Waals surface area contributed by atoms with Crippen molar-refractivity contribution in [2.45, 2.75) is 12.6 Å². The molecule has 23 heavy (non-hydrogen) atoms. The van der Waals surface area contributed by atoms with Gasteiger partial charge in [0, 0.05) is 32.4 Å². The number of nitrogens with one attached hydrogen (secondary N) is 1. The Balaban J connectivity index is 2.03. The van der Waals surface area contributed by atoms with E-state index in [1.165, 1.54) is 6.07 Å². The molecule has 1 heterocycles. The van der Waals surface area contributed by atoms with Crippen LogP contribution >= 0.6 is 11.6 Å². The van der Waals surface area contributed by atoms with Crippen LogP contribution in [0.5, 0.6) is 0 Å². The molecule has 0 aromatic heterocycles. The van der Waals surface area contributed by atoms with Gasteiger partial charge in [-0.05, 0) is 24.6 Å². The van der Waals surface area contributed by atoms with E-state index in [2.05, 4.69) is 5.32 Å². The van der Waals surface area contributed by atoms with Gasteiger partial charge in [0.1, 0.15) is 0 Å². The minimum Gasteiger partial charge on any atom is -0.383 e. The number of methoxy groups -OCH3 is 1. The van der Waals surface area contributed by atoms with E-state index < -0.39 is 11.7 Å². The molecule has 0 saturated carbocycles. The maximum Gasteiger partial charge on any atom is 0.417 e. The number of benzene rings is 1. The number of rotatable bonds is 5. The maximum atomic E-state index is 12.9. The molecule has 1 atom stereocenters. The van der Waals surface area contributed by atoms with Crippen molar-refractivity contribution in [2.75, 3.05) is 38.3 Å². The molecule has 1 aliphatic rings. The first kappa shape index (κ1) is 17.9. The summed E-state index contributed by atoms with van der Waals surface area (Å²) in [6.45, 7) is 1.76. The number of carbonyl (C=O) groups is 1. The van der Waals surface area contributed by atoms with Crippen molar-refractivity contribution < 1.29 is 22.7 Å². The zero-order chi connectivity index (χ0) is 17.0. The van der Waals surface area contributed by atoms with Gasteiger partial charge in [0.15, 0.2) is 0 Å². The molecule has 1 fully saturated rings. The van der Waals surface area contributed by atoms with Gasteiger partial charge in [0.25, 0.3) is 0 Å². The number of nitrogens with zero attached hydrogens (tertiary/aromatic N) is 1. The molecule has 1 aromatic carbocycles. The van der Waals surface area contributed by atoms with Gasteiger partial charge >= 0.3 is 6.18 Å². The fraction of sp³-hybridized carbons (Fsp3) is 0.533. The number of anilines is 1. The molecule has 0 aliphatic carbocycles. The quantitative estimate of drug-likeness (QED) is 0.830. The van der Waals surface area contributed by atoms with Crippen molar-refractivity contribution in [3.05, 3.63) is 28.8 Å². The molecule has 4 nitrogen and oxygen atoms in total. The molecule has 2 rings (SSSR count). The molecule has 8 heteroatoms. The van der Waals surface area contributed by atoms with Gasteiger partial charge in [-0.2, -0.15) is 13.2 Å². The molecule has 0 bridgehead atoms. The van der Waals surface area contributed by atoms with Crippen LogP contribution in [0.1, 0.15) is 12.0 Å². The van der Waals surface area contributed by atoms with Gasteiger partial charge < -0.3 is 15.0 Å². The molecule has 1 unspecified atom stereocenters. The van der Waals surface area contributed by atoms with Crippen molar-refractivity contribution in [1.29, 1.82) is 0 Å². The highest BCUT2D eigenvalue weighted by Gasteiger charge is 2.35. The lowest BCUT2D eigenvalue weighted by Gasteiger charge is -2.20. The lowest BCUT2D eigenvalue weighted by molar-refractivity contribution is -0.137. The van der Waals surface area contributed by atoms with Gasteiger partial charge in [0.2, 0.25) is 5.91 Å². The fourth-order valence-corrected chi connectivity index (χ4v) is 2.78. The third-order valence-corrected chi connectivity index (χ3v) is 4.11. The van der Waals surface area contributed by atoms with Crippen molar-refractivity contribution in [1.82, 2.24) is 5.32 Å². The van der Waals surface area contributed by atoms with E-state index in [9.17, 15) is 18.0 Å². The molecule has 1 aliphatic heterocycles. The van der Waals surface area contributed by atoms with E-state index >= 15 is 0 Å². The summed E-state index contributed by atoms with van der Waals surface area (Å²) in [4.78, 5) is 13.8. The summed E-state index contributed by atoms with van der Waals surface area (Å²) in [6.07, 6.45) is -3.90. The van der Waals surface area contributed by atoms with Crippen molar-refractivity contribution in [3.63, 3.8) is 0 Å². The Labute approximate surface area is 137 Å². The Kier molecular flexibility index (Phi) is 5.75. The first-order chi connectivity index (χ1) is 10.8. The number of amides is 1. The SMILES string of the molecule is COCCNC(=O)C1CCN(c2ccc(Cl)c(C(F)(F)F)c2)C1. The summed E-state index contributed by atoms with van der Waals surface area (Å²) < 4.78 is 43.6. The highest BCUT2D eigenvalue weighted by atomic mass is 35.5. The first-order valence-corrected chi connectivity index (χ1v) is 7.59. The highest BCUT2D eigenvalue weighted by molar-refractivity contribution is 6.31. The Hall–Kier alpha value is -1.47. The molecule has 0 radical (unpaired) electrons. The van der Waals surface area contributed by atoms with Crippen LogP contribution in [0, 0.1) is 5.92 Å². The number of hydrogen-bond donors (Lipinski definition) is 1. The Bertz CT molecular complexity index is 566. The summed E-state index contributed by atoms with van der Waals surface area (Å²) in [7, 11) is 1.54. The van der Waals surface area contributed by atoms with E-state index in [0.717, 1.165) is 6.07 Å². The molecule has 1 N–H and O–H groups in total. The number of carbonyl (C=O) groups excluding carboxylic acids is 1. The number of halogens is 4. The molecular formula is C15H18ClF3N2O2. The number of ether oxygens (including phenoxy) is 1. The predicted octanol–water partition coefficient (Wildman–Crippen LogP) is 2.95. The zero-order valence-corrected chi connectivity index (χ0v) is 13.4. The van der Waals surface area contributed by atoms with Crippen LogP contribution in [0.25, 0.3) is 0 Å². The third-order valence-electron chi connectivity index (χ3n) is 3.78. The molecule has 0 spiro atoms. The van der Waals surface area contributed by atoms with Crippen LogP contribution in [0.4, 0.5) is 18.9 Å². The third kappa shape index (κ3) is 4.51. The van der Waals surface area contributed by atoms with Crippen LogP contribution in [0.3, 0.4) is 0 Å². The van der Waals surface area contributed by atoms with Crippen molar-refractivity contribution >= 4 is 23.2 Å². The number of hydrogen-bond acceptors (Lipinski definition) is 3. The van der Waals surface area contributed by atoms with Gasteiger partial charge in [0.05, 0.1) is 23.1 Å². The van der Waals surface area contributed by atoms with Crippen LogP contribution in [0.15, 0.2) is 18.2 Å². The van der Waals surface area contributed by atoms with Crippen LogP contribution < -0.4 is 10.2 Å². The first-order valence-electron chi connectivity index (χ1n) is 7.21. The molecular weight excluding hydrogens is 333 g/mol. The largest absolute Gasteiger partial charge is 0.417 e. The normalized spacial score (nSPS) is 18.3. The standard InChI is InChI=1S/C15H18ClF3N2O2/c1-23-7-5-20-14(22)10-4-6-21(9-10)11-2-3-13(16)12(8-11)15(17,18)19/h2-3,8,10H,4-7,9H2,1H3,(H,20,22). The van der Waals surface area contributed by atoms with Crippen LogP contribution in [0.2, 0.25) is 5.02 Å². The molecule has 1 aromatic rings. The monoisotopic (exact) mass is 350 g/mol. The van der Waals surface area contributed by atoms with Crippen LogP contribution in [-0.4, -0.2) is 39.3 Å². The summed E-state index contributed by atoms with van der Waals surface area (Å²) in [5.41, 5.74) is -0.432. The summed E-state index contributed by atoms with van der Waals surface area (Å²) >= 11 is 5.62. The van der Waals surface area contributed by atoms with E-state index in [4.69, 9.17) is 16.3 Å². The topological polar surface area (TPSA) is 41.6 Å². The average molecular weight is 351 g/mol. The summed E-state index contributed by atoms with van der Waals surface area (Å²) in [6, 6.07) is 3.82. The van der Waals surface area contributed by atoms with Gasteiger partial charge in [-0.25, -0.2) is 0 Å². The lowest BCUT2D eigenvalue weighted by atomic mass is 10.1. The Morgan fingerprint density at radius 1 is 1.48 bits per heavy atom. The van der Waals surface area contributed by atoms with Gasteiger partial charge in [-0.1, -0.05) is 11.6 Å². The second-order valence-electron chi connectivity index (χ2n) is 5.38. The second-order valence-corrected chi connectivity index (χ2v) is 5.78. The molecule has 1 saturated heterocycles. The molecule has 128 valence electrons. The van der Waals surface area contributed by atoms with Gasteiger partial charge in [-0.3, -0.25) is 4.79 Å². The Morgan fingerprint density at radius 2 is 2.22 bits per heavy atom. The summed E-state index contributed by atoms with van der Waals surface area (Å²) in [5, 5.41) is 2.43. The fourth-order valence-electron chi connectivity index (χ4n) is 2.56. The smallest absolute Gasteiger partial charge is 0.383 e. The van der Waals surface area contributed by atoms with E-state index in [1.54, 1.807) is 18.1 Å². The predicted molar refractivity (Wildman–Crippen MR) is 81.7 cm³/mol. The Morgan fingerprint density at radius 3 is 2.87 bits per heavy atom. The van der Waals surface area contributed by atoms with Crippen molar-refractivity contribution in [3.8, 4) is 0 Å². The summed E-state index contributed by atoms with van der Waals surface area (Å²) in [5.74, 6) is -0.341. The van der Waals surface area contributed by atoms with E-state index in [-0.39, 0.29) is 16.8 Å². The second kappa shape index (κ2) is 7.40.